The number of aliphatic hydroxyl groups excluding tert-OH is 8. The standard InChI is InChI=1S/C26H30O14/c27-8-17-19(30)21(32)23(34)25(39-17)36-13-2-1-10-5-15(38-16(10)7-13)11-3-12(29)6-14(4-11)37-26-24(35)22(33)20(31)18(9-28)40-26/h1-7,17-35H,8-9H2/t17-,18-,19+,20+,21+,22+,23+,24+,25-,26-/m1/s1. The van der Waals surface area contributed by atoms with Crippen LogP contribution in [-0.4, -0.2) is 121 Å². The Kier molecular flexibility index (Phi) is 8.17. The second kappa shape index (κ2) is 11.5. The van der Waals surface area contributed by atoms with E-state index in [0.29, 0.717) is 22.3 Å². The number of hydrogen-bond donors (Lipinski definition) is 9. The Morgan fingerprint density at radius 2 is 1.20 bits per heavy atom. The van der Waals surface area contributed by atoms with Crippen molar-refractivity contribution in [3.63, 3.8) is 0 Å². The quantitative estimate of drug-likeness (QED) is 0.153. The third-order valence-electron chi connectivity index (χ3n) is 6.87. The van der Waals surface area contributed by atoms with E-state index in [1.807, 2.05) is 0 Å². The van der Waals surface area contributed by atoms with Crippen molar-refractivity contribution >= 4 is 11.0 Å². The number of phenolic OH excluding ortho intramolecular Hbond substituents is 1. The van der Waals surface area contributed by atoms with Crippen molar-refractivity contribution in [3.8, 4) is 28.6 Å². The molecule has 0 amide bonds. The first-order chi connectivity index (χ1) is 19.1. The van der Waals surface area contributed by atoms with Crippen molar-refractivity contribution in [2.24, 2.45) is 0 Å². The number of phenols is 1. The second-order valence-electron chi connectivity index (χ2n) is 9.66. The molecule has 2 aliphatic rings. The first-order valence-corrected chi connectivity index (χ1v) is 12.4. The number of hydrogen-bond acceptors (Lipinski definition) is 14. The van der Waals surface area contributed by atoms with Gasteiger partial charge in [0, 0.05) is 23.1 Å². The van der Waals surface area contributed by atoms with Gasteiger partial charge in [-0.3, -0.25) is 0 Å². The summed E-state index contributed by atoms with van der Waals surface area (Å²) in [6.07, 6.45) is -14.7. The Hall–Kier alpha value is -3.02. The summed E-state index contributed by atoms with van der Waals surface area (Å²) in [5, 5.41) is 90.0. The molecular weight excluding hydrogens is 536 g/mol. The Bertz CT molecular complexity index is 1310. The van der Waals surface area contributed by atoms with Crippen molar-refractivity contribution in [2.75, 3.05) is 13.2 Å². The van der Waals surface area contributed by atoms with Crippen LogP contribution >= 0.6 is 0 Å². The summed E-state index contributed by atoms with van der Waals surface area (Å²) in [6.45, 7) is -1.23. The fourth-order valence-electron chi connectivity index (χ4n) is 4.62. The molecule has 3 heterocycles. The van der Waals surface area contributed by atoms with Crippen LogP contribution in [0, 0.1) is 0 Å². The van der Waals surface area contributed by atoms with Crippen LogP contribution in [0.25, 0.3) is 22.3 Å². The lowest BCUT2D eigenvalue weighted by atomic mass is 9.99. The van der Waals surface area contributed by atoms with Crippen LogP contribution in [0.1, 0.15) is 0 Å². The molecule has 2 aromatic carbocycles. The van der Waals surface area contributed by atoms with Crippen molar-refractivity contribution in [2.45, 2.75) is 61.4 Å². The van der Waals surface area contributed by atoms with E-state index in [4.69, 9.17) is 23.4 Å². The molecule has 2 aliphatic heterocycles. The van der Waals surface area contributed by atoms with Gasteiger partial charge in [0.2, 0.25) is 12.6 Å². The number of aliphatic hydroxyl groups is 8. The summed E-state index contributed by atoms with van der Waals surface area (Å²) in [7, 11) is 0. The monoisotopic (exact) mass is 566 g/mol. The minimum atomic E-state index is -1.64. The van der Waals surface area contributed by atoms with Gasteiger partial charge < -0.3 is 69.3 Å². The van der Waals surface area contributed by atoms with E-state index in [1.54, 1.807) is 18.2 Å². The van der Waals surface area contributed by atoms with Gasteiger partial charge in [-0.25, -0.2) is 0 Å². The Balaban J connectivity index is 1.35. The molecule has 0 aliphatic carbocycles. The number of aromatic hydroxyl groups is 1. The number of ether oxygens (including phenoxy) is 4. The number of rotatable bonds is 7. The third-order valence-corrected chi connectivity index (χ3v) is 6.87. The van der Waals surface area contributed by atoms with E-state index >= 15 is 0 Å². The van der Waals surface area contributed by atoms with Crippen LogP contribution in [0.4, 0.5) is 0 Å². The zero-order valence-corrected chi connectivity index (χ0v) is 20.8. The molecular formula is C26H30O14. The Morgan fingerprint density at radius 3 is 1.77 bits per heavy atom. The highest BCUT2D eigenvalue weighted by atomic mass is 16.7. The number of furan rings is 1. The van der Waals surface area contributed by atoms with Gasteiger partial charge >= 0.3 is 0 Å². The smallest absolute Gasteiger partial charge is 0.229 e. The van der Waals surface area contributed by atoms with Crippen LogP contribution in [-0.2, 0) is 9.47 Å². The molecule has 14 heteroatoms. The van der Waals surface area contributed by atoms with Gasteiger partial charge in [-0.2, -0.15) is 0 Å². The molecule has 5 rings (SSSR count). The van der Waals surface area contributed by atoms with Gasteiger partial charge in [0.1, 0.15) is 77.4 Å². The van der Waals surface area contributed by atoms with Crippen LogP contribution in [0.5, 0.6) is 17.2 Å². The fourth-order valence-corrected chi connectivity index (χ4v) is 4.62. The second-order valence-corrected chi connectivity index (χ2v) is 9.66. The van der Waals surface area contributed by atoms with Crippen LogP contribution in [0.2, 0.25) is 0 Å². The number of fused-ring (bicyclic) bond motifs is 1. The minimum absolute atomic E-state index is 0.0337. The molecule has 0 bridgehead atoms. The normalized spacial score (nSPS) is 34.6. The maximum absolute atomic E-state index is 10.3. The summed E-state index contributed by atoms with van der Waals surface area (Å²) in [6, 6.07) is 10.5. The minimum Gasteiger partial charge on any atom is -0.508 e. The molecule has 10 atom stereocenters. The van der Waals surface area contributed by atoms with Gasteiger partial charge in [0.15, 0.2) is 0 Å². The van der Waals surface area contributed by atoms with Crippen LogP contribution < -0.4 is 9.47 Å². The van der Waals surface area contributed by atoms with E-state index < -0.39 is 74.6 Å². The van der Waals surface area contributed by atoms with Gasteiger partial charge in [-0.05, 0) is 30.3 Å². The van der Waals surface area contributed by atoms with E-state index in [2.05, 4.69) is 0 Å². The lowest BCUT2D eigenvalue weighted by Crippen LogP contribution is -2.60. The van der Waals surface area contributed by atoms with E-state index in [-0.39, 0.29) is 17.2 Å². The molecule has 0 radical (unpaired) electrons. The molecule has 0 unspecified atom stereocenters. The molecule has 1 aromatic heterocycles. The molecule has 0 spiro atoms. The predicted molar refractivity (Wildman–Crippen MR) is 132 cm³/mol. The maximum Gasteiger partial charge on any atom is 0.229 e. The van der Waals surface area contributed by atoms with Gasteiger partial charge in [0.05, 0.1) is 13.2 Å². The van der Waals surface area contributed by atoms with Crippen LogP contribution in [0.3, 0.4) is 0 Å². The van der Waals surface area contributed by atoms with Crippen LogP contribution in [0.15, 0.2) is 46.9 Å². The van der Waals surface area contributed by atoms with Crippen molar-refractivity contribution in [1.29, 1.82) is 0 Å². The summed E-state index contributed by atoms with van der Waals surface area (Å²) < 4.78 is 27.9. The fraction of sp³-hybridized carbons (Fsp3) is 0.462. The molecule has 40 heavy (non-hydrogen) atoms. The average molecular weight is 567 g/mol. The molecule has 218 valence electrons. The average Bonchev–Trinajstić information content (AvgIpc) is 3.37. The molecule has 2 saturated heterocycles. The first kappa shape index (κ1) is 28.5. The zero-order chi connectivity index (χ0) is 28.7. The predicted octanol–water partition coefficient (Wildman–Crippen LogP) is -1.84. The summed E-state index contributed by atoms with van der Waals surface area (Å²) >= 11 is 0. The summed E-state index contributed by atoms with van der Waals surface area (Å²) in [4.78, 5) is 0. The van der Waals surface area contributed by atoms with Gasteiger partial charge in [-0.1, -0.05) is 0 Å². The molecule has 2 fully saturated rings. The molecule has 9 N–H and O–H groups in total. The van der Waals surface area contributed by atoms with E-state index in [0.717, 1.165) is 0 Å². The first-order valence-electron chi connectivity index (χ1n) is 12.4. The van der Waals surface area contributed by atoms with Crippen molar-refractivity contribution < 1.29 is 69.3 Å². The molecule has 14 nitrogen and oxygen atoms in total. The molecule has 0 saturated carbocycles. The highest BCUT2D eigenvalue weighted by Crippen LogP contribution is 2.36. The SMILES string of the molecule is OC[C@H]1O[C@@H](Oc2cc(O)cc(-c3cc4ccc(O[C@@H]5O[C@H](CO)[C@H](O)[C@H](O)[C@@H]5O)cc4o3)c2)[C@@H](O)[C@@H](O)[C@H]1O. The van der Waals surface area contributed by atoms with Gasteiger partial charge in [-0.15, -0.1) is 0 Å². The topological polar surface area (TPSA) is 232 Å². The Morgan fingerprint density at radius 1 is 0.625 bits per heavy atom. The molecule has 3 aromatic rings. The van der Waals surface area contributed by atoms with Gasteiger partial charge in [0.25, 0.3) is 0 Å². The van der Waals surface area contributed by atoms with Crippen molar-refractivity contribution in [1.82, 2.24) is 0 Å². The number of benzene rings is 2. The Labute approximate surface area is 226 Å². The lowest BCUT2D eigenvalue weighted by molar-refractivity contribution is -0.277. The summed E-state index contributed by atoms with van der Waals surface area (Å²) in [5.41, 5.74) is 0.712. The zero-order valence-electron chi connectivity index (χ0n) is 20.8. The van der Waals surface area contributed by atoms with Crippen molar-refractivity contribution in [3.05, 3.63) is 42.5 Å². The highest BCUT2D eigenvalue weighted by Gasteiger charge is 2.45. The van der Waals surface area contributed by atoms with E-state index in [9.17, 15) is 46.0 Å². The highest BCUT2D eigenvalue weighted by molar-refractivity contribution is 5.84. The maximum atomic E-state index is 10.3. The van der Waals surface area contributed by atoms with E-state index in [1.165, 1.54) is 24.3 Å². The third kappa shape index (κ3) is 5.46. The lowest BCUT2D eigenvalue weighted by Gasteiger charge is -2.39. The summed E-state index contributed by atoms with van der Waals surface area (Å²) in [5.74, 6) is 0.311. The largest absolute Gasteiger partial charge is 0.508 e.